The molecule has 0 radical (unpaired) electrons. The van der Waals surface area contributed by atoms with Gasteiger partial charge in [-0.3, -0.25) is 0 Å². The summed E-state index contributed by atoms with van der Waals surface area (Å²) in [6.45, 7) is 4.19. The zero-order valence-corrected chi connectivity index (χ0v) is 5.29. The minimum Gasteiger partial charge on any atom is -0.342 e. The quantitative estimate of drug-likeness (QED) is 0.662. The van der Waals surface area contributed by atoms with E-state index in [4.69, 9.17) is 5.73 Å². The molecule has 0 fully saturated rings. The van der Waals surface area contributed by atoms with Gasteiger partial charge in [-0.15, -0.1) is 0 Å². The third kappa shape index (κ3) is 12.0. The van der Waals surface area contributed by atoms with E-state index in [1.807, 2.05) is 0 Å². The summed E-state index contributed by atoms with van der Waals surface area (Å²) in [5.74, 6) is 0. The summed E-state index contributed by atoms with van der Waals surface area (Å²) in [4.78, 5) is 0. The smallest absolute Gasteiger partial charge is 0.342 e. The zero-order valence-electron chi connectivity index (χ0n) is 3.01. The molecule has 5 heavy (non-hydrogen) atoms. The van der Waals surface area contributed by atoms with Gasteiger partial charge in [0, 0.05) is 0 Å². The van der Waals surface area contributed by atoms with Crippen molar-refractivity contribution >= 4 is 0 Å². The van der Waals surface area contributed by atoms with E-state index >= 15 is 0 Å². The second kappa shape index (κ2) is 8.82. The molecule has 0 unspecified atom stereocenters. The topological polar surface area (TPSA) is 26.0 Å². The van der Waals surface area contributed by atoms with E-state index in [1.165, 1.54) is 0 Å². The molecular formula is C3H8NPt+. The summed E-state index contributed by atoms with van der Waals surface area (Å²) < 4.78 is 0. The first-order chi connectivity index (χ1) is 1.91. The standard InChI is InChI=1S/C3H8N.Pt/c1-2-3-4;/h1-4H2;/q-1;+2. The van der Waals surface area contributed by atoms with Crippen LogP contribution in [0.15, 0.2) is 0 Å². The third-order valence-corrected chi connectivity index (χ3v) is 0.204. The number of hydrogen-bond acceptors (Lipinski definition) is 1. The van der Waals surface area contributed by atoms with E-state index in [0.29, 0.717) is 6.54 Å². The Hall–Kier alpha value is 0.648. The Bertz CT molecular complexity index is 8.85. The van der Waals surface area contributed by atoms with Gasteiger partial charge in [0.25, 0.3) is 0 Å². The van der Waals surface area contributed by atoms with E-state index in [9.17, 15) is 0 Å². The van der Waals surface area contributed by atoms with Crippen LogP contribution >= 0.6 is 0 Å². The van der Waals surface area contributed by atoms with Crippen LogP contribution in [-0.4, -0.2) is 6.54 Å². The van der Waals surface area contributed by atoms with Gasteiger partial charge in [0.15, 0.2) is 0 Å². The molecule has 2 heteroatoms. The number of rotatable bonds is 1. The Morgan fingerprint density at radius 2 is 1.80 bits per heavy atom. The van der Waals surface area contributed by atoms with Crippen LogP contribution < -0.4 is 5.73 Å². The summed E-state index contributed by atoms with van der Waals surface area (Å²) in [5, 5.41) is 0. The van der Waals surface area contributed by atoms with Crippen molar-refractivity contribution in [3.8, 4) is 0 Å². The van der Waals surface area contributed by atoms with Gasteiger partial charge in [-0.25, -0.2) is 0 Å². The van der Waals surface area contributed by atoms with Crippen molar-refractivity contribution in [3.05, 3.63) is 6.92 Å². The number of hydrogen-bond donors (Lipinski definition) is 1. The van der Waals surface area contributed by atoms with Crippen LogP contribution in [0.5, 0.6) is 0 Å². The first kappa shape index (κ1) is 9.17. The monoisotopic (exact) mass is 253 g/mol. The van der Waals surface area contributed by atoms with E-state index in [-0.39, 0.29) is 21.1 Å². The van der Waals surface area contributed by atoms with Crippen LogP contribution in [0.1, 0.15) is 6.42 Å². The molecule has 0 bridgehead atoms. The van der Waals surface area contributed by atoms with Gasteiger partial charge in [0.05, 0.1) is 0 Å². The van der Waals surface area contributed by atoms with Crippen molar-refractivity contribution in [1.29, 1.82) is 0 Å². The van der Waals surface area contributed by atoms with Crippen LogP contribution in [0.4, 0.5) is 0 Å². The molecule has 34 valence electrons. The second-order valence-electron chi connectivity index (χ2n) is 0.642. The minimum atomic E-state index is 0. The molecule has 0 rings (SSSR count). The molecule has 0 aromatic heterocycles. The molecule has 0 aromatic carbocycles. The largest absolute Gasteiger partial charge is 2.00 e. The van der Waals surface area contributed by atoms with E-state index in [1.54, 1.807) is 0 Å². The minimum absolute atomic E-state index is 0. The fourth-order valence-electron chi connectivity index (χ4n) is 0. The summed E-state index contributed by atoms with van der Waals surface area (Å²) in [6.07, 6.45) is 0.847. The second-order valence-corrected chi connectivity index (χ2v) is 0.642. The van der Waals surface area contributed by atoms with Crippen LogP contribution in [0.25, 0.3) is 0 Å². The maximum absolute atomic E-state index is 4.97. The summed E-state index contributed by atoms with van der Waals surface area (Å²) in [7, 11) is 0. The first-order valence-corrected chi connectivity index (χ1v) is 1.41. The van der Waals surface area contributed by atoms with Gasteiger partial charge in [-0.1, -0.05) is 0 Å². The molecule has 0 spiro atoms. The fourth-order valence-corrected chi connectivity index (χ4v) is 0. The van der Waals surface area contributed by atoms with Crippen molar-refractivity contribution in [3.63, 3.8) is 0 Å². The molecule has 0 aliphatic rings. The molecule has 0 aliphatic heterocycles. The normalized spacial score (nSPS) is 6.00. The van der Waals surface area contributed by atoms with Gasteiger partial charge >= 0.3 is 21.1 Å². The van der Waals surface area contributed by atoms with Crippen molar-refractivity contribution < 1.29 is 21.1 Å². The molecule has 2 N–H and O–H groups in total. The number of nitrogens with two attached hydrogens (primary N) is 1. The van der Waals surface area contributed by atoms with Crippen LogP contribution in [0.3, 0.4) is 0 Å². The molecule has 0 amide bonds. The summed E-state index contributed by atoms with van der Waals surface area (Å²) >= 11 is 0. The van der Waals surface area contributed by atoms with E-state index in [2.05, 4.69) is 6.92 Å². The average Bonchev–Trinajstić information content (AvgIpc) is 1.37. The van der Waals surface area contributed by atoms with Crippen LogP contribution in [0, 0.1) is 6.92 Å². The van der Waals surface area contributed by atoms with Gasteiger partial charge in [-0.2, -0.15) is 6.42 Å². The fraction of sp³-hybridized carbons (Fsp3) is 0.667. The maximum Gasteiger partial charge on any atom is 2.00 e. The van der Waals surface area contributed by atoms with Gasteiger partial charge in [0.2, 0.25) is 0 Å². The predicted molar refractivity (Wildman–Crippen MR) is 19.0 cm³/mol. The van der Waals surface area contributed by atoms with Crippen LogP contribution in [-0.2, 0) is 21.1 Å². The summed E-state index contributed by atoms with van der Waals surface area (Å²) in [5.41, 5.74) is 4.97. The van der Waals surface area contributed by atoms with Crippen molar-refractivity contribution in [1.82, 2.24) is 0 Å². The van der Waals surface area contributed by atoms with E-state index in [0.717, 1.165) is 6.42 Å². The molecule has 0 heterocycles. The molecule has 0 saturated heterocycles. The Morgan fingerprint density at radius 3 is 1.80 bits per heavy atom. The molecule has 0 saturated carbocycles. The Kier molecular flexibility index (Phi) is 16.2. The van der Waals surface area contributed by atoms with Crippen LogP contribution in [0.2, 0.25) is 0 Å². The molecule has 0 aromatic rings. The van der Waals surface area contributed by atoms with Crippen molar-refractivity contribution in [2.45, 2.75) is 6.42 Å². The maximum atomic E-state index is 4.97. The Morgan fingerprint density at radius 1 is 1.60 bits per heavy atom. The summed E-state index contributed by atoms with van der Waals surface area (Å²) in [6, 6.07) is 0. The molecule has 0 atom stereocenters. The molecular weight excluding hydrogens is 245 g/mol. The molecule has 0 aliphatic carbocycles. The van der Waals surface area contributed by atoms with Crippen molar-refractivity contribution in [2.75, 3.05) is 6.54 Å². The third-order valence-electron chi connectivity index (χ3n) is 0.204. The zero-order chi connectivity index (χ0) is 3.41. The van der Waals surface area contributed by atoms with Crippen molar-refractivity contribution in [2.24, 2.45) is 5.73 Å². The van der Waals surface area contributed by atoms with Gasteiger partial charge in [-0.05, 0) is 6.54 Å². The SMILES string of the molecule is [CH2-]CCN.[Pt+2]. The van der Waals surface area contributed by atoms with Gasteiger partial charge in [0.1, 0.15) is 0 Å². The van der Waals surface area contributed by atoms with E-state index < -0.39 is 0 Å². The average molecular weight is 253 g/mol. The Balaban J connectivity index is 0. The predicted octanol–water partition coefficient (Wildman–Crippen LogP) is 0.167. The Labute approximate surface area is 47.2 Å². The van der Waals surface area contributed by atoms with Gasteiger partial charge < -0.3 is 12.7 Å². The molecule has 1 nitrogen and oxygen atoms in total. The first-order valence-electron chi connectivity index (χ1n) is 1.41.